The van der Waals surface area contributed by atoms with Crippen LogP contribution >= 0.6 is 15.9 Å². The molecule has 0 saturated heterocycles. The number of hydrogen-bond donors (Lipinski definition) is 0. The van der Waals surface area contributed by atoms with Crippen molar-refractivity contribution in [2.24, 2.45) is 4.99 Å². The van der Waals surface area contributed by atoms with Gasteiger partial charge >= 0.3 is 0 Å². The fourth-order valence-corrected chi connectivity index (χ4v) is 4.92. The van der Waals surface area contributed by atoms with Crippen LogP contribution in [0.4, 0.5) is 5.69 Å². The molecule has 2 aliphatic heterocycles. The molecular weight excluding hydrogens is 476 g/mol. The van der Waals surface area contributed by atoms with Gasteiger partial charge in [-0.15, -0.1) is 0 Å². The summed E-state index contributed by atoms with van der Waals surface area (Å²) in [5, 5.41) is 0. The van der Waals surface area contributed by atoms with Crippen LogP contribution in [0.1, 0.15) is 37.0 Å². The maximum atomic E-state index is 6.44. The first kappa shape index (κ1) is 20.2. The number of ether oxygens (including phenoxy) is 1. The van der Waals surface area contributed by atoms with E-state index in [4.69, 9.17) is 14.7 Å². The molecular formula is C27H23BrN4O. The molecule has 0 spiro atoms. The first-order valence-corrected chi connectivity index (χ1v) is 12.0. The third-order valence-electron chi connectivity index (χ3n) is 6.35. The average Bonchev–Trinajstić information content (AvgIpc) is 3.24. The minimum Gasteiger partial charge on any atom is -0.438 e. The molecule has 1 atom stereocenters. The molecule has 6 rings (SSSR count). The first-order chi connectivity index (χ1) is 16.2. The summed E-state index contributed by atoms with van der Waals surface area (Å²) in [4.78, 5) is 12.4. The Balaban J connectivity index is 1.54. The SMILES string of the molecule is CCN(CC)c1ccc2c(c1)OC1=N[C@H](c3ccc(Br)cc3)n3c(nc4ccccc43)C1=C2. The molecule has 0 unspecified atom stereocenters. The van der Waals surface area contributed by atoms with E-state index in [1.54, 1.807) is 0 Å². The van der Waals surface area contributed by atoms with Gasteiger partial charge in [0.15, 0.2) is 6.17 Å². The summed E-state index contributed by atoms with van der Waals surface area (Å²) in [5.74, 6) is 2.34. The van der Waals surface area contributed by atoms with Crippen molar-refractivity contribution in [1.82, 2.24) is 9.55 Å². The second-order valence-corrected chi connectivity index (χ2v) is 9.12. The van der Waals surface area contributed by atoms with Crippen molar-refractivity contribution < 1.29 is 4.74 Å². The zero-order valence-electron chi connectivity index (χ0n) is 18.5. The van der Waals surface area contributed by atoms with Gasteiger partial charge in [0.05, 0.1) is 16.6 Å². The second-order valence-electron chi connectivity index (χ2n) is 8.21. The topological polar surface area (TPSA) is 42.6 Å². The summed E-state index contributed by atoms with van der Waals surface area (Å²) in [5.41, 5.74) is 6.22. The zero-order chi connectivity index (χ0) is 22.5. The Morgan fingerprint density at radius 3 is 2.58 bits per heavy atom. The lowest BCUT2D eigenvalue weighted by molar-refractivity contribution is 0.515. The highest BCUT2D eigenvalue weighted by atomic mass is 79.9. The highest BCUT2D eigenvalue weighted by molar-refractivity contribution is 9.10. The van der Waals surface area contributed by atoms with Crippen molar-refractivity contribution in [2.75, 3.05) is 18.0 Å². The molecule has 3 heterocycles. The molecule has 6 heteroatoms. The third kappa shape index (κ3) is 3.28. The highest BCUT2D eigenvalue weighted by Crippen LogP contribution is 2.41. The number of fused-ring (bicyclic) bond motifs is 6. The highest BCUT2D eigenvalue weighted by Gasteiger charge is 2.33. The lowest BCUT2D eigenvalue weighted by atomic mass is 10.0. The van der Waals surface area contributed by atoms with Crippen molar-refractivity contribution in [3.05, 3.63) is 88.2 Å². The van der Waals surface area contributed by atoms with Crippen LogP contribution in [-0.4, -0.2) is 28.5 Å². The van der Waals surface area contributed by atoms with Gasteiger partial charge in [-0.1, -0.05) is 40.2 Å². The number of halogens is 1. The van der Waals surface area contributed by atoms with E-state index in [1.807, 2.05) is 30.3 Å². The maximum Gasteiger partial charge on any atom is 0.228 e. The Labute approximate surface area is 201 Å². The Hall–Kier alpha value is -3.38. The van der Waals surface area contributed by atoms with Crippen LogP contribution in [0.5, 0.6) is 5.75 Å². The van der Waals surface area contributed by atoms with Gasteiger partial charge in [-0.25, -0.2) is 9.98 Å². The predicted molar refractivity (Wildman–Crippen MR) is 138 cm³/mol. The van der Waals surface area contributed by atoms with Crippen LogP contribution in [-0.2, 0) is 0 Å². The number of anilines is 1. The van der Waals surface area contributed by atoms with E-state index in [0.29, 0.717) is 5.90 Å². The van der Waals surface area contributed by atoms with E-state index in [9.17, 15) is 0 Å². The molecule has 0 fully saturated rings. The third-order valence-corrected chi connectivity index (χ3v) is 6.88. The van der Waals surface area contributed by atoms with Gasteiger partial charge in [-0.3, -0.25) is 4.57 Å². The van der Waals surface area contributed by atoms with Crippen LogP contribution in [0.25, 0.3) is 22.7 Å². The molecule has 0 radical (unpaired) electrons. The number of benzene rings is 3. The van der Waals surface area contributed by atoms with Gasteiger partial charge in [0, 0.05) is 34.9 Å². The molecule has 0 aliphatic carbocycles. The van der Waals surface area contributed by atoms with Crippen molar-refractivity contribution in [2.45, 2.75) is 20.0 Å². The predicted octanol–water partition coefficient (Wildman–Crippen LogP) is 6.54. The average molecular weight is 499 g/mol. The summed E-state index contributed by atoms with van der Waals surface area (Å²) in [6, 6.07) is 22.9. The Morgan fingerprint density at radius 2 is 1.79 bits per heavy atom. The maximum absolute atomic E-state index is 6.44. The van der Waals surface area contributed by atoms with Crippen molar-refractivity contribution in [1.29, 1.82) is 0 Å². The first-order valence-electron chi connectivity index (χ1n) is 11.3. The van der Waals surface area contributed by atoms with Crippen molar-refractivity contribution in [3.8, 4) is 5.75 Å². The zero-order valence-corrected chi connectivity index (χ0v) is 20.1. The van der Waals surface area contributed by atoms with Crippen molar-refractivity contribution in [3.63, 3.8) is 0 Å². The number of nitrogens with zero attached hydrogens (tertiary/aromatic N) is 4. The quantitative estimate of drug-likeness (QED) is 0.320. The number of imidazole rings is 1. The van der Waals surface area contributed by atoms with Gasteiger partial charge in [0.25, 0.3) is 0 Å². The summed E-state index contributed by atoms with van der Waals surface area (Å²) in [7, 11) is 0. The Morgan fingerprint density at radius 1 is 1.00 bits per heavy atom. The van der Waals surface area contributed by atoms with Gasteiger partial charge in [0.1, 0.15) is 11.6 Å². The number of aromatic nitrogens is 2. The molecule has 1 aromatic heterocycles. The molecule has 4 aromatic rings. The summed E-state index contributed by atoms with van der Waals surface area (Å²) in [6.07, 6.45) is 1.90. The van der Waals surface area contributed by atoms with Crippen LogP contribution in [0, 0.1) is 0 Å². The largest absolute Gasteiger partial charge is 0.438 e. The van der Waals surface area contributed by atoms with Gasteiger partial charge in [-0.2, -0.15) is 0 Å². The molecule has 0 N–H and O–H groups in total. The van der Waals surface area contributed by atoms with Crippen LogP contribution in [0.2, 0.25) is 0 Å². The van der Waals surface area contributed by atoms with E-state index in [0.717, 1.165) is 62.6 Å². The molecule has 3 aromatic carbocycles. The van der Waals surface area contributed by atoms with Gasteiger partial charge < -0.3 is 9.64 Å². The number of para-hydroxylation sites is 2. The lowest BCUT2D eigenvalue weighted by Crippen LogP contribution is -2.27. The molecule has 0 saturated carbocycles. The molecule has 5 nitrogen and oxygen atoms in total. The smallest absolute Gasteiger partial charge is 0.228 e. The monoisotopic (exact) mass is 498 g/mol. The number of rotatable bonds is 4. The van der Waals surface area contributed by atoms with Crippen LogP contribution in [0.15, 0.2) is 76.2 Å². The van der Waals surface area contributed by atoms with E-state index in [-0.39, 0.29) is 6.17 Å². The fourth-order valence-electron chi connectivity index (χ4n) is 4.66. The van der Waals surface area contributed by atoms with E-state index < -0.39 is 0 Å². The van der Waals surface area contributed by atoms with E-state index in [2.05, 4.69) is 81.7 Å². The Bertz CT molecular complexity index is 1430. The second kappa shape index (κ2) is 7.89. The minimum absolute atomic E-state index is 0.250. The lowest BCUT2D eigenvalue weighted by Gasteiger charge is -2.29. The van der Waals surface area contributed by atoms with Crippen LogP contribution < -0.4 is 9.64 Å². The minimum atomic E-state index is -0.250. The van der Waals surface area contributed by atoms with E-state index >= 15 is 0 Å². The molecule has 0 bridgehead atoms. The molecule has 33 heavy (non-hydrogen) atoms. The number of aliphatic imine (C=N–C) groups is 1. The van der Waals surface area contributed by atoms with E-state index in [1.165, 1.54) is 0 Å². The normalized spacial score (nSPS) is 16.3. The summed E-state index contributed by atoms with van der Waals surface area (Å²) >= 11 is 3.54. The fraction of sp³-hybridized carbons (Fsp3) is 0.185. The standard InChI is InChI=1S/C27H23BrN4O/c1-3-31(4-2)20-14-11-18-15-21-26-29-22-7-5-6-8-23(22)32(26)25(17-9-12-19(28)13-10-17)30-27(21)33-24(18)16-20/h5-16,25H,3-4H2,1-2H3/t25-/m0/s1. The van der Waals surface area contributed by atoms with Gasteiger partial charge in [-0.05, 0) is 61.9 Å². The Kier molecular flexibility index (Phi) is 4.84. The van der Waals surface area contributed by atoms with Crippen LogP contribution in [0.3, 0.4) is 0 Å². The molecule has 0 amide bonds. The summed E-state index contributed by atoms with van der Waals surface area (Å²) < 4.78 is 9.69. The summed E-state index contributed by atoms with van der Waals surface area (Å²) in [6.45, 7) is 6.24. The molecule has 164 valence electrons. The van der Waals surface area contributed by atoms with Gasteiger partial charge in [0.2, 0.25) is 5.90 Å². The molecule has 2 aliphatic rings. The number of hydrogen-bond acceptors (Lipinski definition) is 4. The van der Waals surface area contributed by atoms with Crippen molar-refractivity contribution >= 4 is 50.2 Å².